The summed E-state index contributed by atoms with van der Waals surface area (Å²) < 4.78 is 33.9. The van der Waals surface area contributed by atoms with Crippen molar-refractivity contribution in [2.75, 3.05) is 0 Å². The average molecular weight is 367 g/mol. The Bertz CT molecular complexity index is 784. The molecule has 0 radical (unpaired) electrons. The van der Waals surface area contributed by atoms with Crippen LogP contribution in [0.5, 0.6) is 0 Å². The number of nitrogens with one attached hydrogen (secondary N) is 1. The fourth-order valence-corrected chi connectivity index (χ4v) is 12.0. The molecular weight excluding hydrogens is 344 g/mol. The van der Waals surface area contributed by atoms with E-state index in [1.165, 1.54) is 11.6 Å². The molecular formula is C19H23F2NOTi. The van der Waals surface area contributed by atoms with Gasteiger partial charge in [0.05, 0.1) is 0 Å². The number of carbonyl (C=O) groups excluding carboxylic acids is 1. The number of rotatable bonds is 5. The summed E-state index contributed by atoms with van der Waals surface area (Å²) >= 11 is -3.44. The van der Waals surface area contributed by atoms with Gasteiger partial charge in [0.15, 0.2) is 0 Å². The number of amides is 1. The van der Waals surface area contributed by atoms with E-state index in [4.69, 9.17) is 0 Å². The molecule has 1 N–H and O–H groups in total. The maximum atomic E-state index is 14.4. The van der Waals surface area contributed by atoms with Gasteiger partial charge in [0.2, 0.25) is 0 Å². The number of benzene rings is 1. The summed E-state index contributed by atoms with van der Waals surface area (Å²) in [5.41, 5.74) is 2.30. The van der Waals surface area contributed by atoms with Gasteiger partial charge in [0.25, 0.3) is 0 Å². The van der Waals surface area contributed by atoms with Gasteiger partial charge in [-0.05, 0) is 0 Å². The number of unbranched alkanes of at least 4 members (excludes halogenated alkanes) is 1. The molecule has 2 unspecified atom stereocenters. The van der Waals surface area contributed by atoms with Crippen molar-refractivity contribution >= 4 is 13.6 Å². The summed E-state index contributed by atoms with van der Waals surface area (Å²) in [7, 11) is 0. The minimum atomic E-state index is -3.44. The molecule has 1 heterocycles. The minimum absolute atomic E-state index is 0.0371. The Morgan fingerprint density at radius 2 is 2.00 bits per heavy atom. The van der Waals surface area contributed by atoms with Gasteiger partial charge in [-0.3, -0.25) is 0 Å². The van der Waals surface area contributed by atoms with E-state index in [-0.39, 0.29) is 11.8 Å². The molecule has 0 spiro atoms. The van der Waals surface area contributed by atoms with E-state index in [0.717, 1.165) is 32.2 Å². The van der Waals surface area contributed by atoms with Crippen LogP contribution in [0.4, 0.5) is 8.78 Å². The van der Waals surface area contributed by atoms with Crippen LogP contribution < -0.4 is 11.5 Å². The third-order valence-corrected chi connectivity index (χ3v) is 12.2. The monoisotopic (exact) mass is 367 g/mol. The van der Waals surface area contributed by atoms with Gasteiger partial charge < -0.3 is 0 Å². The Labute approximate surface area is 145 Å². The number of hydrogen-bond donors (Lipinski definition) is 1. The van der Waals surface area contributed by atoms with Crippen molar-refractivity contribution in [1.29, 1.82) is 0 Å². The molecule has 1 aromatic carbocycles. The molecule has 2 atom stereocenters. The van der Waals surface area contributed by atoms with Crippen LogP contribution >= 0.6 is 0 Å². The SMILES string of the molecule is CCCCC(=O)[NH][Ti]1([C]2=C(C)C(C)=CC2C)[c]2cc(F)cc(F)[c]21. The molecule has 1 amide bonds. The van der Waals surface area contributed by atoms with Gasteiger partial charge >= 0.3 is 146 Å². The second-order valence-electron chi connectivity index (χ2n) is 6.89. The van der Waals surface area contributed by atoms with Gasteiger partial charge in [-0.2, -0.15) is 0 Å². The maximum absolute atomic E-state index is 14.4. The quantitative estimate of drug-likeness (QED) is 0.794. The molecule has 24 heavy (non-hydrogen) atoms. The molecule has 1 aliphatic heterocycles. The summed E-state index contributed by atoms with van der Waals surface area (Å²) in [4.78, 5) is 12.5. The molecule has 0 aromatic heterocycles. The Morgan fingerprint density at radius 3 is 2.58 bits per heavy atom. The molecule has 128 valence electrons. The van der Waals surface area contributed by atoms with E-state index in [2.05, 4.69) is 16.8 Å². The van der Waals surface area contributed by atoms with Crippen LogP contribution in [0.1, 0.15) is 47.0 Å². The average Bonchev–Trinajstić information content (AvgIpc) is 3.03. The van der Waals surface area contributed by atoms with Gasteiger partial charge in [-0.25, -0.2) is 0 Å². The van der Waals surface area contributed by atoms with Gasteiger partial charge in [0.1, 0.15) is 0 Å². The van der Waals surface area contributed by atoms with Crippen LogP contribution in [0.3, 0.4) is 0 Å². The molecule has 0 bridgehead atoms. The third-order valence-electron chi connectivity index (χ3n) is 5.21. The zero-order valence-corrected chi connectivity index (χ0v) is 16.2. The zero-order valence-electron chi connectivity index (χ0n) is 14.6. The van der Waals surface area contributed by atoms with Crippen molar-refractivity contribution in [3.05, 3.63) is 44.9 Å². The van der Waals surface area contributed by atoms with Crippen LogP contribution in [0.25, 0.3) is 0 Å². The van der Waals surface area contributed by atoms with Crippen molar-refractivity contribution in [3.8, 4) is 0 Å². The van der Waals surface area contributed by atoms with Crippen LogP contribution in [0, 0.1) is 17.6 Å². The first-order valence-corrected chi connectivity index (χ1v) is 11.7. The topological polar surface area (TPSA) is 29.1 Å². The van der Waals surface area contributed by atoms with Crippen molar-refractivity contribution < 1.29 is 30.4 Å². The number of fused-ring (bicyclic) bond motifs is 1. The third kappa shape index (κ3) is 2.60. The number of allylic oxidation sites excluding steroid dienone is 4. The number of hydrogen-bond acceptors (Lipinski definition) is 1. The summed E-state index contributed by atoms with van der Waals surface area (Å²) in [5.74, 6) is -0.941. The van der Waals surface area contributed by atoms with Crippen LogP contribution in [-0.4, -0.2) is 5.91 Å². The van der Waals surface area contributed by atoms with E-state index < -0.39 is 28.5 Å². The zero-order chi connectivity index (χ0) is 17.6. The first-order valence-electron chi connectivity index (χ1n) is 8.54. The van der Waals surface area contributed by atoms with Crippen LogP contribution in [-0.2, 0) is 21.6 Å². The Kier molecular flexibility index (Phi) is 4.56. The predicted molar refractivity (Wildman–Crippen MR) is 88.9 cm³/mol. The van der Waals surface area contributed by atoms with E-state index in [1.807, 2.05) is 20.8 Å². The first kappa shape index (κ1) is 17.6. The number of halogens is 2. The summed E-state index contributed by atoms with van der Waals surface area (Å²) in [6, 6.07) is 2.37. The van der Waals surface area contributed by atoms with E-state index in [1.54, 1.807) is 0 Å². The Balaban J connectivity index is 2.06. The molecule has 0 saturated heterocycles. The molecule has 1 aromatic rings. The number of carbonyl (C=O) groups is 1. The fourth-order valence-electron chi connectivity index (χ4n) is 4.01. The van der Waals surface area contributed by atoms with Gasteiger partial charge in [-0.15, -0.1) is 0 Å². The van der Waals surface area contributed by atoms with Gasteiger partial charge in [-0.1, -0.05) is 0 Å². The van der Waals surface area contributed by atoms with Gasteiger partial charge in [0, 0.05) is 0 Å². The van der Waals surface area contributed by atoms with E-state index in [0.29, 0.717) is 10.3 Å². The van der Waals surface area contributed by atoms with Crippen molar-refractivity contribution in [1.82, 2.24) is 3.80 Å². The predicted octanol–water partition coefficient (Wildman–Crippen LogP) is 3.47. The summed E-state index contributed by atoms with van der Waals surface area (Å²) in [5, 5.41) is 0. The molecule has 2 aliphatic rings. The Morgan fingerprint density at radius 1 is 1.29 bits per heavy atom. The molecule has 0 saturated carbocycles. The summed E-state index contributed by atoms with van der Waals surface area (Å²) in [6.45, 7) is 8.18. The van der Waals surface area contributed by atoms with E-state index >= 15 is 0 Å². The molecule has 5 heteroatoms. The second-order valence-corrected chi connectivity index (χ2v) is 12.1. The van der Waals surface area contributed by atoms with Crippen LogP contribution in [0.15, 0.2) is 33.2 Å². The molecule has 2 nitrogen and oxygen atoms in total. The normalized spacial score (nSPS) is 24.8. The molecule has 1 aliphatic carbocycles. The summed E-state index contributed by atoms with van der Waals surface area (Å²) in [6.07, 6.45) is 4.34. The van der Waals surface area contributed by atoms with Crippen LogP contribution in [0.2, 0.25) is 0 Å². The van der Waals surface area contributed by atoms with Crippen molar-refractivity contribution in [2.24, 2.45) is 5.92 Å². The second kappa shape index (κ2) is 6.23. The first-order chi connectivity index (χ1) is 11.3. The van der Waals surface area contributed by atoms with E-state index in [9.17, 15) is 13.6 Å². The van der Waals surface area contributed by atoms with Crippen molar-refractivity contribution in [3.63, 3.8) is 0 Å². The molecule has 0 fully saturated rings. The standard InChI is InChI=1S/C8H11.C6H2F2.C5H11NO.Ti/c1-6-4-7(2)8(3)5-6;7-5-2-1-3-6(8)4-5;1-2-3-4-5(6)7;/h4,6H,1-3H3;2,4H;2-4H2,1H3,(H2,6,7);/q;;;+1/p-1. The fraction of sp³-hybridized carbons (Fsp3) is 0.421. The molecule has 3 rings (SSSR count). The Hall–Kier alpha value is -1.26. The van der Waals surface area contributed by atoms with Crippen molar-refractivity contribution in [2.45, 2.75) is 47.0 Å².